The molecule has 3 rings (SSSR count). The highest BCUT2D eigenvalue weighted by molar-refractivity contribution is 7.98. The van der Waals surface area contributed by atoms with E-state index in [-0.39, 0.29) is 5.82 Å². The molecule has 0 spiro atoms. The van der Waals surface area contributed by atoms with Crippen molar-refractivity contribution < 1.29 is 9.13 Å². The third kappa shape index (κ3) is 4.52. The molecule has 0 unspecified atom stereocenters. The molecular weight excluding hydrogens is 349 g/mol. The van der Waals surface area contributed by atoms with E-state index in [0.717, 1.165) is 16.5 Å². The lowest BCUT2D eigenvalue weighted by atomic mass is 10.2. The zero-order valence-electron chi connectivity index (χ0n) is 14.6. The number of benzene rings is 2. The number of thioether (sulfide) groups is 1. The molecule has 0 amide bonds. The first-order chi connectivity index (χ1) is 12.7. The Bertz CT molecular complexity index is 894. The maximum Gasteiger partial charge on any atom is 0.191 e. The number of rotatable bonds is 8. The number of aromatic nitrogens is 3. The van der Waals surface area contributed by atoms with Crippen LogP contribution in [0.3, 0.4) is 0 Å². The number of hydrogen-bond acceptors (Lipinski definition) is 4. The van der Waals surface area contributed by atoms with Crippen LogP contribution in [0.25, 0.3) is 0 Å². The van der Waals surface area contributed by atoms with Crippen molar-refractivity contribution >= 4 is 11.8 Å². The molecule has 0 saturated heterocycles. The van der Waals surface area contributed by atoms with Crippen LogP contribution in [0.2, 0.25) is 0 Å². The maximum absolute atomic E-state index is 13.8. The predicted octanol–water partition coefficient (Wildman–Crippen LogP) is 4.78. The Morgan fingerprint density at radius 2 is 2.04 bits per heavy atom. The number of nitrogens with zero attached hydrogens (tertiary/aromatic N) is 3. The molecule has 0 N–H and O–H groups in total. The minimum Gasteiger partial charge on any atom is -0.486 e. The molecule has 3 aromatic rings. The zero-order chi connectivity index (χ0) is 18.4. The monoisotopic (exact) mass is 369 g/mol. The first-order valence-corrected chi connectivity index (χ1v) is 9.24. The van der Waals surface area contributed by atoms with Crippen LogP contribution in [0, 0.1) is 12.7 Å². The number of allylic oxidation sites excluding steroid dienone is 1. The number of aryl methyl sites for hydroxylation is 1. The van der Waals surface area contributed by atoms with Gasteiger partial charge in [-0.2, -0.15) is 0 Å². The summed E-state index contributed by atoms with van der Waals surface area (Å²) in [4.78, 5) is 0. The topological polar surface area (TPSA) is 39.9 Å². The third-order valence-corrected chi connectivity index (χ3v) is 4.79. The summed E-state index contributed by atoms with van der Waals surface area (Å²) in [5, 5.41) is 9.19. The molecule has 1 heterocycles. The van der Waals surface area contributed by atoms with Gasteiger partial charge < -0.3 is 4.74 Å². The average Bonchev–Trinajstić information content (AvgIpc) is 3.02. The standard InChI is InChI=1S/C20H20FN3OS/c1-3-11-24-19(13-25-17-9-6-7-15(2)12-17)22-23-20(24)26-14-16-8-4-5-10-18(16)21/h3-10,12H,1,11,13-14H2,2H3. The first-order valence-electron chi connectivity index (χ1n) is 8.26. The minimum atomic E-state index is -0.210. The summed E-state index contributed by atoms with van der Waals surface area (Å²) in [7, 11) is 0. The second-order valence-corrected chi connectivity index (χ2v) is 6.73. The van der Waals surface area contributed by atoms with Gasteiger partial charge in [0.25, 0.3) is 0 Å². The summed E-state index contributed by atoms with van der Waals surface area (Å²) in [5.41, 5.74) is 1.78. The van der Waals surface area contributed by atoms with Gasteiger partial charge in [0.15, 0.2) is 11.0 Å². The predicted molar refractivity (Wildman–Crippen MR) is 102 cm³/mol. The molecule has 134 valence electrons. The van der Waals surface area contributed by atoms with Gasteiger partial charge in [0, 0.05) is 12.3 Å². The third-order valence-electron chi connectivity index (χ3n) is 3.78. The quantitative estimate of drug-likeness (QED) is 0.423. The lowest BCUT2D eigenvalue weighted by molar-refractivity contribution is 0.289. The van der Waals surface area contributed by atoms with E-state index in [2.05, 4.69) is 16.8 Å². The molecule has 0 saturated carbocycles. The molecule has 0 radical (unpaired) electrons. The average molecular weight is 369 g/mol. The van der Waals surface area contributed by atoms with Crippen LogP contribution in [0.5, 0.6) is 5.75 Å². The van der Waals surface area contributed by atoms with Crippen molar-refractivity contribution in [3.63, 3.8) is 0 Å². The fourth-order valence-electron chi connectivity index (χ4n) is 2.46. The van der Waals surface area contributed by atoms with E-state index >= 15 is 0 Å². The zero-order valence-corrected chi connectivity index (χ0v) is 15.4. The highest BCUT2D eigenvalue weighted by atomic mass is 32.2. The van der Waals surface area contributed by atoms with Crippen molar-refractivity contribution in [2.75, 3.05) is 0 Å². The number of halogens is 1. The van der Waals surface area contributed by atoms with Gasteiger partial charge in [0.1, 0.15) is 18.2 Å². The Balaban J connectivity index is 1.71. The SMILES string of the molecule is C=CCn1c(COc2cccc(C)c2)nnc1SCc1ccccc1F. The van der Waals surface area contributed by atoms with Gasteiger partial charge in [0.2, 0.25) is 0 Å². The van der Waals surface area contributed by atoms with Crippen molar-refractivity contribution in [3.8, 4) is 5.75 Å². The van der Waals surface area contributed by atoms with Gasteiger partial charge in [-0.15, -0.1) is 16.8 Å². The molecule has 0 atom stereocenters. The van der Waals surface area contributed by atoms with Gasteiger partial charge >= 0.3 is 0 Å². The van der Waals surface area contributed by atoms with E-state index in [1.165, 1.54) is 17.8 Å². The van der Waals surface area contributed by atoms with Crippen LogP contribution < -0.4 is 4.74 Å². The van der Waals surface area contributed by atoms with Gasteiger partial charge in [-0.3, -0.25) is 4.57 Å². The lowest BCUT2D eigenvalue weighted by Crippen LogP contribution is -2.07. The van der Waals surface area contributed by atoms with E-state index in [1.54, 1.807) is 18.2 Å². The maximum atomic E-state index is 13.8. The van der Waals surface area contributed by atoms with Crippen molar-refractivity contribution in [1.29, 1.82) is 0 Å². The molecule has 26 heavy (non-hydrogen) atoms. The molecule has 4 nitrogen and oxygen atoms in total. The van der Waals surface area contributed by atoms with Crippen molar-refractivity contribution in [2.45, 2.75) is 31.0 Å². The van der Waals surface area contributed by atoms with Crippen LogP contribution in [0.15, 0.2) is 66.3 Å². The number of ether oxygens (including phenoxy) is 1. The number of hydrogen-bond donors (Lipinski definition) is 0. The van der Waals surface area contributed by atoms with E-state index in [1.807, 2.05) is 41.8 Å². The largest absolute Gasteiger partial charge is 0.486 e. The summed E-state index contributed by atoms with van der Waals surface area (Å²) in [6.45, 7) is 6.69. The summed E-state index contributed by atoms with van der Waals surface area (Å²) in [5.74, 6) is 1.78. The Kier molecular flexibility index (Phi) is 6.07. The van der Waals surface area contributed by atoms with Crippen LogP contribution >= 0.6 is 11.8 Å². The second kappa shape index (κ2) is 8.67. The molecule has 0 bridgehead atoms. The van der Waals surface area contributed by atoms with Gasteiger partial charge in [-0.25, -0.2) is 4.39 Å². The first kappa shape index (κ1) is 18.2. The van der Waals surface area contributed by atoms with E-state index < -0.39 is 0 Å². The van der Waals surface area contributed by atoms with Crippen LogP contribution in [0.4, 0.5) is 4.39 Å². The van der Waals surface area contributed by atoms with Crippen molar-refractivity contribution in [1.82, 2.24) is 14.8 Å². The highest BCUT2D eigenvalue weighted by Crippen LogP contribution is 2.24. The van der Waals surface area contributed by atoms with Crippen LogP contribution in [0.1, 0.15) is 17.0 Å². The summed E-state index contributed by atoms with van der Waals surface area (Å²) < 4.78 is 21.6. The molecule has 0 aliphatic rings. The highest BCUT2D eigenvalue weighted by Gasteiger charge is 2.13. The van der Waals surface area contributed by atoms with E-state index in [0.29, 0.717) is 30.3 Å². The smallest absolute Gasteiger partial charge is 0.191 e. The molecular formula is C20H20FN3OS. The fourth-order valence-corrected chi connectivity index (χ4v) is 3.41. The lowest BCUT2D eigenvalue weighted by Gasteiger charge is -2.09. The molecule has 2 aromatic carbocycles. The van der Waals surface area contributed by atoms with Gasteiger partial charge in [0.05, 0.1) is 0 Å². The summed E-state index contributed by atoms with van der Waals surface area (Å²) in [6.07, 6.45) is 1.78. The Hall–Kier alpha value is -2.60. The van der Waals surface area contributed by atoms with E-state index in [9.17, 15) is 4.39 Å². The van der Waals surface area contributed by atoms with Crippen molar-refractivity contribution in [3.05, 3.63) is 84.0 Å². The van der Waals surface area contributed by atoms with Gasteiger partial charge in [-0.1, -0.05) is 48.2 Å². The molecule has 6 heteroatoms. The second-order valence-electron chi connectivity index (χ2n) is 5.78. The molecule has 0 aliphatic heterocycles. The van der Waals surface area contributed by atoms with Crippen molar-refractivity contribution in [2.24, 2.45) is 0 Å². The Labute approximate surface area is 156 Å². The normalized spacial score (nSPS) is 10.7. The van der Waals surface area contributed by atoms with E-state index in [4.69, 9.17) is 4.74 Å². The Morgan fingerprint density at radius 3 is 2.81 bits per heavy atom. The van der Waals surface area contributed by atoms with Crippen LogP contribution in [-0.4, -0.2) is 14.8 Å². The van der Waals surface area contributed by atoms with Crippen LogP contribution in [-0.2, 0) is 18.9 Å². The van der Waals surface area contributed by atoms with Gasteiger partial charge in [-0.05, 0) is 36.2 Å². The minimum absolute atomic E-state index is 0.210. The summed E-state index contributed by atoms with van der Waals surface area (Å²) in [6, 6.07) is 14.6. The Morgan fingerprint density at radius 1 is 1.19 bits per heavy atom. The molecule has 0 fully saturated rings. The molecule has 1 aromatic heterocycles. The fraction of sp³-hybridized carbons (Fsp3) is 0.200. The summed E-state index contributed by atoms with van der Waals surface area (Å²) >= 11 is 1.45. The molecule has 0 aliphatic carbocycles.